The molecule has 0 spiro atoms. The van der Waals surface area contributed by atoms with Crippen LogP contribution >= 0.6 is 15.9 Å². The molecule has 2 heterocycles. The topological polar surface area (TPSA) is 61.3 Å². The van der Waals surface area contributed by atoms with Gasteiger partial charge in [-0.25, -0.2) is 4.98 Å². The highest BCUT2D eigenvalue weighted by atomic mass is 79.9. The lowest BCUT2D eigenvalue weighted by atomic mass is 10.0. The largest absolute Gasteiger partial charge is 0.393 e. The zero-order valence-corrected chi connectivity index (χ0v) is 13.0. The van der Waals surface area contributed by atoms with E-state index in [-0.39, 0.29) is 6.10 Å². The molecule has 1 aliphatic heterocycles. The minimum absolute atomic E-state index is 0.261. The average Bonchev–Trinajstić information content (AvgIpc) is 2.87. The normalized spacial score (nSPS) is 20.6. The van der Waals surface area contributed by atoms with Gasteiger partial charge in [-0.2, -0.15) is 4.98 Å². The summed E-state index contributed by atoms with van der Waals surface area (Å²) in [6.07, 6.45) is 3.58. The number of nitrogens with zero attached hydrogens (tertiary/aromatic N) is 3. The third kappa shape index (κ3) is 3.57. The van der Waals surface area contributed by atoms with Crippen molar-refractivity contribution in [2.75, 3.05) is 29.9 Å². The van der Waals surface area contributed by atoms with Gasteiger partial charge in [-0.15, -0.1) is 0 Å². The molecule has 2 unspecified atom stereocenters. The minimum atomic E-state index is -0.261. The molecule has 0 radical (unpaired) electrons. The molecule has 1 saturated heterocycles. The molecule has 2 rings (SSSR count). The van der Waals surface area contributed by atoms with E-state index in [1.54, 1.807) is 6.20 Å². The smallest absolute Gasteiger partial charge is 0.224 e. The standard InChI is InChI=1S/C13H21BrN4O/c1-3-5-15-13-16-7-11(14)12(17-13)18-6-4-10(8-18)9(2)19/h7,9-10,19H,3-6,8H2,1-2H3,(H,15,16,17). The van der Waals surface area contributed by atoms with Crippen LogP contribution in [0.15, 0.2) is 10.7 Å². The van der Waals surface area contributed by atoms with Crippen molar-refractivity contribution in [2.24, 2.45) is 5.92 Å². The second kappa shape index (κ2) is 6.52. The van der Waals surface area contributed by atoms with Crippen LogP contribution in [0.1, 0.15) is 26.7 Å². The number of anilines is 2. The van der Waals surface area contributed by atoms with Crippen molar-refractivity contribution < 1.29 is 5.11 Å². The first kappa shape index (κ1) is 14.5. The third-order valence-electron chi connectivity index (χ3n) is 3.47. The van der Waals surface area contributed by atoms with Gasteiger partial charge in [0.1, 0.15) is 5.82 Å². The van der Waals surface area contributed by atoms with E-state index in [2.05, 4.69) is 43.0 Å². The first-order valence-corrected chi connectivity index (χ1v) is 7.60. The van der Waals surface area contributed by atoms with Crippen LogP contribution in [-0.2, 0) is 0 Å². The predicted octanol–water partition coefficient (Wildman–Crippen LogP) is 2.27. The van der Waals surface area contributed by atoms with Crippen molar-refractivity contribution in [3.8, 4) is 0 Å². The Kier molecular flexibility index (Phi) is 4.99. The number of nitrogens with one attached hydrogen (secondary N) is 1. The fraction of sp³-hybridized carbons (Fsp3) is 0.692. The third-order valence-corrected chi connectivity index (χ3v) is 4.02. The van der Waals surface area contributed by atoms with E-state index < -0.39 is 0 Å². The average molecular weight is 329 g/mol. The Hall–Kier alpha value is -0.880. The maximum absolute atomic E-state index is 9.67. The number of hydrogen-bond donors (Lipinski definition) is 2. The summed E-state index contributed by atoms with van der Waals surface area (Å²) in [6, 6.07) is 0. The fourth-order valence-electron chi connectivity index (χ4n) is 2.28. The van der Waals surface area contributed by atoms with E-state index >= 15 is 0 Å². The molecular formula is C13H21BrN4O. The Balaban J connectivity index is 2.11. The number of halogens is 1. The zero-order chi connectivity index (χ0) is 13.8. The van der Waals surface area contributed by atoms with Gasteiger partial charge in [-0.3, -0.25) is 0 Å². The number of aromatic nitrogens is 2. The summed E-state index contributed by atoms with van der Waals surface area (Å²) in [4.78, 5) is 11.0. The number of hydrogen-bond acceptors (Lipinski definition) is 5. The molecule has 1 aromatic heterocycles. The molecule has 1 fully saturated rings. The molecule has 0 saturated carbocycles. The first-order chi connectivity index (χ1) is 9.11. The molecule has 0 aromatic carbocycles. The molecular weight excluding hydrogens is 308 g/mol. The second-order valence-electron chi connectivity index (χ2n) is 5.03. The molecule has 0 amide bonds. The minimum Gasteiger partial charge on any atom is -0.393 e. The molecule has 19 heavy (non-hydrogen) atoms. The highest BCUT2D eigenvalue weighted by molar-refractivity contribution is 9.10. The zero-order valence-electron chi connectivity index (χ0n) is 11.4. The molecule has 1 aromatic rings. The lowest BCUT2D eigenvalue weighted by Gasteiger charge is -2.20. The molecule has 106 valence electrons. The summed E-state index contributed by atoms with van der Waals surface area (Å²) in [5.41, 5.74) is 0. The molecule has 5 nitrogen and oxygen atoms in total. The maximum atomic E-state index is 9.67. The van der Waals surface area contributed by atoms with E-state index in [4.69, 9.17) is 0 Å². The van der Waals surface area contributed by atoms with Crippen LogP contribution in [0.4, 0.5) is 11.8 Å². The van der Waals surface area contributed by atoms with Crippen molar-refractivity contribution in [3.05, 3.63) is 10.7 Å². The Morgan fingerprint density at radius 1 is 1.63 bits per heavy atom. The Bertz CT molecular complexity index is 427. The van der Waals surface area contributed by atoms with Gasteiger partial charge < -0.3 is 15.3 Å². The summed E-state index contributed by atoms with van der Waals surface area (Å²) in [7, 11) is 0. The quantitative estimate of drug-likeness (QED) is 0.868. The number of rotatable bonds is 5. The van der Waals surface area contributed by atoms with E-state index in [9.17, 15) is 5.11 Å². The van der Waals surface area contributed by atoms with Crippen LogP contribution in [0.25, 0.3) is 0 Å². The van der Waals surface area contributed by atoms with Crippen LogP contribution in [-0.4, -0.2) is 40.8 Å². The first-order valence-electron chi connectivity index (χ1n) is 6.81. The van der Waals surface area contributed by atoms with Gasteiger partial charge in [0.05, 0.1) is 10.6 Å². The molecule has 1 aliphatic rings. The molecule has 0 aliphatic carbocycles. The van der Waals surface area contributed by atoms with Crippen molar-refractivity contribution in [1.29, 1.82) is 0 Å². The SMILES string of the molecule is CCCNc1ncc(Br)c(N2CCC(C(C)O)C2)n1. The van der Waals surface area contributed by atoms with E-state index in [0.29, 0.717) is 11.9 Å². The molecule has 2 atom stereocenters. The van der Waals surface area contributed by atoms with E-state index in [0.717, 1.165) is 42.8 Å². The van der Waals surface area contributed by atoms with Gasteiger partial charge in [0.25, 0.3) is 0 Å². The second-order valence-corrected chi connectivity index (χ2v) is 5.88. The summed E-state index contributed by atoms with van der Waals surface area (Å²) in [6.45, 7) is 6.62. The van der Waals surface area contributed by atoms with E-state index in [1.807, 2.05) is 6.92 Å². The predicted molar refractivity (Wildman–Crippen MR) is 80.5 cm³/mol. The van der Waals surface area contributed by atoms with Crippen molar-refractivity contribution in [2.45, 2.75) is 32.8 Å². The number of aliphatic hydroxyl groups excluding tert-OH is 1. The Morgan fingerprint density at radius 3 is 3.05 bits per heavy atom. The maximum Gasteiger partial charge on any atom is 0.224 e. The highest BCUT2D eigenvalue weighted by Gasteiger charge is 2.28. The van der Waals surface area contributed by atoms with Crippen LogP contribution in [0, 0.1) is 5.92 Å². The fourth-order valence-corrected chi connectivity index (χ4v) is 2.72. The Morgan fingerprint density at radius 2 is 2.42 bits per heavy atom. The number of aliphatic hydroxyl groups is 1. The molecule has 2 N–H and O–H groups in total. The van der Waals surface area contributed by atoms with Gasteiger partial charge in [0.2, 0.25) is 5.95 Å². The summed E-state index contributed by atoms with van der Waals surface area (Å²) < 4.78 is 0.904. The monoisotopic (exact) mass is 328 g/mol. The van der Waals surface area contributed by atoms with Crippen molar-refractivity contribution >= 4 is 27.7 Å². The van der Waals surface area contributed by atoms with Crippen molar-refractivity contribution in [3.63, 3.8) is 0 Å². The van der Waals surface area contributed by atoms with Crippen LogP contribution in [0.2, 0.25) is 0 Å². The molecule has 6 heteroatoms. The van der Waals surface area contributed by atoms with Crippen molar-refractivity contribution in [1.82, 2.24) is 9.97 Å². The molecule has 0 bridgehead atoms. The van der Waals surface area contributed by atoms with Gasteiger partial charge in [-0.05, 0) is 35.7 Å². The lowest BCUT2D eigenvalue weighted by molar-refractivity contribution is 0.136. The summed E-state index contributed by atoms with van der Waals surface area (Å²) in [5.74, 6) is 1.91. The van der Waals surface area contributed by atoms with Crippen LogP contribution in [0.3, 0.4) is 0 Å². The van der Waals surface area contributed by atoms with Gasteiger partial charge >= 0.3 is 0 Å². The Labute approximate surface area is 122 Å². The van der Waals surface area contributed by atoms with Gasteiger partial charge in [0, 0.05) is 31.7 Å². The lowest BCUT2D eigenvalue weighted by Crippen LogP contribution is -2.25. The van der Waals surface area contributed by atoms with Crippen LogP contribution in [0.5, 0.6) is 0 Å². The highest BCUT2D eigenvalue weighted by Crippen LogP contribution is 2.30. The van der Waals surface area contributed by atoms with E-state index in [1.165, 1.54) is 0 Å². The van der Waals surface area contributed by atoms with Gasteiger partial charge in [0.15, 0.2) is 0 Å². The van der Waals surface area contributed by atoms with Crippen LogP contribution < -0.4 is 10.2 Å². The summed E-state index contributed by atoms with van der Waals surface area (Å²) >= 11 is 3.51. The van der Waals surface area contributed by atoms with Gasteiger partial charge in [-0.1, -0.05) is 6.92 Å². The summed E-state index contributed by atoms with van der Waals surface area (Å²) in [5, 5.41) is 12.9.